The van der Waals surface area contributed by atoms with Crippen molar-refractivity contribution in [1.29, 1.82) is 0 Å². The molecular weight excluding hydrogens is 390 g/mol. The summed E-state index contributed by atoms with van der Waals surface area (Å²) in [6, 6.07) is -1.33. The Morgan fingerprint density at radius 1 is 1.23 bits per heavy atom. The van der Waals surface area contributed by atoms with Crippen LogP contribution in [0.1, 0.15) is 66.2 Å². The molecule has 2 saturated heterocycles. The molecule has 0 aromatic heterocycles. The maximum Gasteiger partial charge on any atom is 0.355 e. The van der Waals surface area contributed by atoms with Gasteiger partial charge in [0.25, 0.3) is 11.8 Å². The first kappa shape index (κ1) is 23.9. The molecule has 0 radical (unpaired) electrons. The van der Waals surface area contributed by atoms with Gasteiger partial charge in [0.05, 0.1) is 12.6 Å². The van der Waals surface area contributed by atoms with Crippen LogP contribution in [0.4, 0.5) is 4.79 Å². The maximum atomic E-state index is 12.8. The summed E-state index contributed by atoms with van der Waals surface area (Å²) >= 11 is 0. The lowest BCUT2D eigenvalue weighted by Gasteiger charge is -2.30. The highest BCUT2D eigenvalue weighted by Crippen LogP contribution is 2.31. The van der Waals surface area contributed by atoms with Crippen LogP contribution in [0.15, 0.2) is 12.2 Å². The van der Waals surface area contributed by atoms with Crippen LogP contribution in [0.3, 0.4) is 0 Å². The van der Waals surface area contributed by atoms with Crippen molar-refractivity contribution in [2.75, 3.05) is 13.2 Å². The smallest absolute Gasteiger partial charge is 0.328 e. The Hall–Kier alpha value is -2.42. The molecule has 2 fully saturated rings. The molecule has 0 aromatic carbocycles. The number of rotatable bonds is 9. The van der Waals surface area contributed by atoms with E-state index in [-0.39, 0.29) is 12.1 Å². The molecule has 0 unspecified atom stereocenters. The highest BCUT2D eigenvalue weighted by molar-refractivity contribution is 5.96. The molecule has 168 valence electrons. The van der Waals surface area contributed by atoms with Crippen molar-refractivity contribution in [2.24, 2.45) is 5.92 Å². The molecule has 2 bridgehead atoms. The molecule has 3 atom stereocenters. The van der Waals surface area contributed by atoms with Gasteiger partial charge in [-0.15, -0.1) is 5.06 Å². The van der Waals surface area contributed by atoms with Gasteiger partial charge >= 0.3 is 12.0 Å². The lowest BCUT2D eigenvalue weighted by Crippen LogP contribution is -2.49. The van der Waals surface area contributed by atoms with Crippen LogP contribution < -0.4 is 0 Å². The van der Waals surface area contributed by atoms with Crippen LogP contribution in [0, 0.1) is 5.92 Å². The van der Waals surface area contributed by atoms with Crippen LogP contribution >= 0.6 is 0 Å². The SMILES string of the molecule is CC/C=C\C[C@@H](C)C(=O)N(OC(=O)[C@@H]1CC[C@H]2CN1C(=O)N2OCCCC)C(C)=O. The summed E-state index contributed by atoms with van der Waals surface area (Å²) in [5.74, 6) is -2.55. The number of urea groups is 1. The standard InChI is InChI=1S/C21H33N3O6/c1-5-7-9-10-15(3)19(26)23(16(4)25)30-20(27)18-12-11-17-14-22(18)21(28)24(17)29-13-8-6-2/h7,9,15,17-18H,5-6,8,10-14H2,1-4H3/b9-7-/t15-,17+,18+/m1/s1. The first-order chi connectivity index (χ1) is 14.3. The van der Waals surface area contributed by atoms with E-state index in [2.05, 4.69) is 0 Å². The zero-order chi connectivity index (χ0) is 22.3. The van der Waals surface area contributed by atoms with Crippen LogP contribution in [-0.4, -0.2) is 64.1 Å². The van der Waals surface area contributed by atoms with Crippen LogP contribution in [0.5, 0.6) is 0 Å². The Morgan fingerprint density at radius 2 is 1.97 bits per heavy atom. The van der Waals surface area contributed by atoms with Crippen molar-refractivity contribution in [1.82, 2.24) is 15.0 Å². The van der Waals surface area contributed by atoms with Gasteiger partial charge in [0.15, 0.2) is 0 Å². The van der Waals surface area contributed by atoms with Gasteiger partial charge in [-0.25, -0.2) is 9.59 Å². The predicted octanol–water partition coefficient (Wildman–Crippen LogP) is 2.81. The number of fused-ring (bicyclic) bond motifs is 2. The summed E-state index contributed by atoms with van der Waals surface area (Å²) in [7, 11) is 0. The van der Waals surface area contributed by atoms with E-state index in [0.29, 0.717) is 37.5 Å². The van der Waals surface area contributed by atoms with E-state index < -0.39 is 29.7 Å². The number of amides is 4. The molecule has 2 heterocycles. The molecule has 2 aliphatic heterocycles. The molecule has 0 saturated carbocycles. The van der Waals surface area contributed by atoms with E-state index in [1.165, 1.54) is 16.9 Å². The zero-order valence-corrected chi connectivity index (χ0v) is 18.3. The van der Waals surface area contributed by atoms with Gasteiger partial charge < -0.3 is 9.74 Å². The summed E-state index contributed by atoms with van der Waals surface area (Å²) in [6.07, 6.45) is 7.83. The number of hydrogen-bond donors (Lipinski definition) is 0. The van der Waals surface area contributed by atoms with Gasteiger partial charge in [0.2, 0.25) is 0 Å². The summed E-state index contributed by atoms with van der Waals surface area (Å²) in [6.45, 7) is 7.66. The third-order valence-corrected chi connectivity index (χ3v) is 5.30. The van der Waals surface area contributed by atoms with Crippen molar-refractivity contribution in [2.45, 2.75) is 78.3 Å². The highest BCUT2D eigenvalue weighted by Gasteiger charge is 2.49. The van der Waals surface area contributed by atoms with Gasteiger partial charge in [-0.2, -0.15) is 5.06 Å². The summed E-state index contributed by atoms with van der Waals surface area (Å²) in [5.41, 5.74) is 0. The molecular formula is C21H33N3O6. The molecule has 0 aliphatic carbocycles. The van der Waals surface area contributed by atoms with Gasteiger partial charge in [-0.05, 0) is 32.1 Å². The number of imide groups is 1. The second kappa shape index (κ2) is 11.1. The van der Waals surface area contributed by atoms with Crippen molar-refractivity contribution in [3.05, 3.63) is 12.2 Å². The summed E-state index contributed by atoms with van der Waals surface area (Å²) < 4.78 is 0. The van der Waals surface area contributed by atoms with Crippen molar-refractivity contribution >= 4 is 23.8 Å². The van der Waals surface area contributed by atoms with E-state index >= 15 is 0 Å². The third kappa shape index (κ3) is 5.59. The first-order valence-corrected chi connectivity index (χ1v) is 10.8. The minimum Gasteiger partial charge on any atom is -0.328 e. The highest BCUT2D eigenvalue weighted by atomic mass is 16.7. The average Bonchev–Trinajstić information content (AvgIpc) is 2.96. The lowest BCUT2D eigenvalue weighted by atomic mass is 10.0. The molecule has 9 heteroatoms. The molecule has 0 aromatic rings. The van der Waals surface area contributed by atoms with Crippen LogP contribution in [0.2, 0.25) is 0 Å². The number of carbonyl (C=O) groups is 4. The number of allylic oxidation sites excluding steroid dienone is 2. The number of nitrogens with zero attached hydrogens (tertiary/aromatic N) is 3. The van der Waals surface area contributed by atoms with Crippen LogP contribution in [-0.2, 0) is 24.1 Å². The lowest BCUT2D eigenvalue weighted by molar-refractivity contribution is -0.206. The number of hydrogen-bond acceptors (Lipinski definition) is 6. The average molecular weight is 424 g/mol. The number of hydroxylamine groups is 4. The third-order valence-electron chi connectivity index (χ3n) is 5.30. The molecule has 30 heavy (non-hydrogen) atoms. The Bertz CT molecular complexity index is 680. The van der Waals surface area contributed by atoms with Crippen molar-refractivity contribution in [3.63, 3.8) is 0 Å². The predicted molar refractivity (Wildman–Crippen MR) is 108 cm³/mol. The summed E-state index contributed by atoms with van der Waals surface area (Å²) in [4.78, 5) is 62.2. The van der Waals surface area contributed by atoms with E-state index in [0.717, 1.165) is 19.3 Å². The maximum absolute atomic E-state index is 12.8. The number of unbranched alkanes of at least 4 members (excludes halogenated alkanes) is 1. The van der Waals surface area contributed by atoms with Crippen LogP contribution in [0.25, 0.3) is 0 Å². The first-order valence-electron chi connectivity index (χ1n) is 10.8. The molecule has 2 aliphatic rings. The minimum atomic E-state index is -0.849. The summed E-state index contributed by atoms with van der Waals surface area (Å²) in [5, 5.41) is 1.87. The van der Waals surface area contributed by atoms with E-state index in [9.17, 15) is 19.2 Å². The zero-order valence-electron chi connectivity index (χ0n) is 18.3. The molecule has 9 nitrogen and oxygen atoms in total. The molecule has 2 rings (SSSR count). The van der Waals surface area contributed by atoms with Crippen molar-refractivity contribution < 1.29 is 28.9 Å². The quantitative estimate of drug-likeness (QED) is 0.321. The largest absolute Gasteiger partial charge is 0.355 e. The Kier molecular flexibility index (Phi) is 8.83. The normalized spacial score (nSPS) is 21.8. The number of piperidine rings is 1. The fourth-order valence-corrected chi connectivity index (χ4v) is 3.53. The van der Waals surface area contributed by atoms with E-state index in [4.69, 9.17) is 9.68 Å². The minimum absolute atomic E-state index is 0.102. The van der Waals surface area contributed by atoms with Crippen molar-refractivity contribution in [3.8, 4) is 0 Å². The Morgan fingerprint density at radius 3 is 2.60 bits per heavy atom. The molecule has 0 spiro atoms. The molecule has 4 amide bonds. The van der Waals surface area contributed by atoms with E-state index in [1.54, 1.807) is 6.92 Å². The topological polar surface area (TPSA) is 96.5 Å². The van der Waals surface area contributed by atoms with Gasteiger partial charge in [-0.1, -0.05) is 39.3 Å². The fourth-order valence-electron chi connectivity index (χ4n) is 3.53. The second-order valence-corrected chi connectivity index (χ2v) is 7.77. The fraction of sp³-hybridized carbons (Fsp3) is 0.714. The molecule has 0 N–H and O–H groups in total. The van der Waals surface area contributed by atoms with E-state index in [1.807, 2.05) is 26.0 Å². The Labute approximate surface area is 177 Å². The Balaban J connectivity index is 2.01. The van der Waals surface area contributed by atoms with Gasteiger partial charge in [0.1, 0.15) is 6.04 Å². The van der Waals surface area contributed by atoms with Gasteiger partial charge in [0, 0.05) is 19.4 Å². The number of carbonyl (C=O) groups excluding carboxylic acids is 4. The monoisotopic (exact) mass is 423 g/mol. The second-order valence-electron chi connectivity index (χ2n) is 7.77. The van der Waals surface area contributed by atoms with Gasteiger partial charge in [-0.3, -0.25) is 14.4 Å².